The molecule has 4 amide bonds. The number of carbonyl (C=O) groups is 4. The lowest BCUT2D eigenvalue weighted by Crippen LogP contribution is -2.28. The Balaban J connectivity index is 1.00. The Morgan fingerprint density at radius 2 is 1.07 bits per heavy atom. The molecule has 13 heteroatoms. The van der Waals surface area contributed by atoms with Crippen molar-refractivity contribution < 1.29 is 42.9 Å². The summed E-state index contributed by atoms with van der Waals surface area (Å²) in [6.45, 7) is 3.37. The highest BCUT2D eigenvalue weighted by atomic mass is 16.5. The van der Waals surface area contributed by atoms with Crippen molar-refractivity contribution in [3.05, 3.63) is 47.5 Å². The van der Waals surface area contributed by atoms with Crippen molar-refractivity contribution in [2.75, 3.05) is 89.8 Å². The highest BCUT2D eigenvalue weighted by Crippen LogP contribution is 2.32. The average Bonchev–Trinajstić information content (AvgIpc) is 3.24. The molecule has 2 heterocycles. The largest absolute Gasteiger partial charge is 0.491 e. The van der Waals surface area contributed by atoms with Gasteiger partial charge in [-0.2, -0.15) is 0 Å². The van der Waals surface area contributed by atoms with Crippen molar-refractivity contribution in [2.45, 2.75) is 12.8 Å². The number of carbonyl (C=O) groups excluding carboxylic acids is 4. The Morgan fingerprint density at radius 1 is 0.674 bits per heavy atom. The summed E-state index contributed by atoms with van der Waals surface area (Å²) in [5.41, 5.74) is 2.17. The van der Waals surface area contributed by atoms with Crippen LogP contribution in [-0.4, -0.2) is 104 Å². The second kappa shape index (κ2) is 15.9. The van der Waals surface area contributed by atoms with Gasteiger partial charge in [0, 0.05) is 38.3 Å². The zero-order valence-electron chi connectivity index (χ0n) is 24.5. The van der Waals surface area contributed by atoms with E-state index in [4.69, 9.17) is 23.7 Å². The maximum absolute atomic E-state index is 12.5. The minimum Gasteiger partial charge on any atom is -0.491 e. The minimum atomic E-state index is -0.254. The van der Waals surface area contributed by atoms with Gasteiger partial charge in [-0.25, -0.2) is 0 Å². The number of ether oxygens (including phenoxy) is 5. The van der Waals surface area contributed by atoms with Crippen LogP contribution >= 0.6 is 0 Å². The Kier molecular flexibility index (Phi) is 11.7. The van der Waals surface area contributed by atoms with E-state index in [0.29, 0.717) is 99.6 Å². The quantitative estimate of drug-likeness (QED) is 0.308. The van der Waals surface area contributed by atoms with Crippen LogP contribution in [0.15, 0.2) is 36.4 Å². The molecule has 43 heavy (non-hydrogen) atoms. The Labute approximate surface area is 250 Å². The number of hydrogen-bond donors (Lipinski definition) is 2. The van der Waals surface area contributed by atoms with Crippen LogP contribution in [0.2, 0.25) is 0 Å². The third-order valence-corrected chi connectivity index (χ3v) is 6.87. The molecule has 0 spiro atoms. The maximum atomic E-state index is 12.5. The SMILES string of the molecule is CN1C(=O)CCOc2cc(C(=O)NCCOCCOCCOCCNC(=O)c3ccc4c(c3)OCCC(=O)N4C)ccc21. The molecule has 0 radical (unpaired) electrons. The lowest BCUT2D eigenvalue weighted by atomic mass is 10.1. The van der Waals surface area contributed by atoms with Gasteiger partial charge in [-0.1, -0.05) is 0 Å². The molecule has 0 aliphatic carbocycles. The summed E-state index contributed by atoms with van der Waals surface area (Å²) in [4.78, 5) is 51.9. The van der Waals surface area contributed by atoms with E-state index in [1.165, 1.54) is 9.80 Å². The van der Waals surface area contributed by atoms with Gasteiger partial charge < -0.3 is 44.1 Å². The number of fused-ring (bicyclic) bond motifs is 2. The molecule has 0 aromatic heterocycles. The Bertz CT molecular complexity index is 1200. The molecule has 0 fully saturated rings. The smallest absolute Gasteiger partial charge is 0.251 e. The third-order valence-electron chi connectivity index (χ3n) is 6.87. The van der Waals surface area contributed by atoms with Crippen molar-refractivity contribution in [3.63, 3.8) is 0 Å². The molecule has 2 aliphatic rings. The lowest BCUT2D eigenvalue weighted by molar-refractivity contribution is -0.119. The first-order chi connectivity index (χ1) is 20.8. The number of nitrogens with zero attached hydrogens (tertiary/aromatic N) is 2. The molecule has 0 atom stereocenters. The van der Waals surface area contributed by atoms with E-state index < -0.39 is 0 Å². The summed E-state index contributed by atoms with van der Waals surface area (Å²) < 4.78 is 27.7. The number of nitrogens with one attached hydrogen (secondary N) is 2. The van der Waals surface area contributed by atoms with Gasteiger partial charge in [-0.15, -0.1) is 0 Å². The molecule has 2 aromatic rings. The van der Waals surface area contributed by atoms with Crippen LogP contribution in [0.25, 0.3) is 0 Å². The maximum Gasteiger partial charge on any atom is 0.251 e. The van der Waals surface area contributed by atoms with Crippen LogP contribution in [0, 0.1) is 0 Å². The van der Waals surface area contributed by atoms with Crippen LogP contribution < -0.4 is 29.9 Å². The fourth-order valence-electron chi connectivity index (χ4n) is 4.42. The fraction of sp³-hybridized carbons (Fsp3) is 0.467. The standard InChI is InChI=1S/C30H38N4O9/c1-33-23-5-3-21(19-25(23)42-11-7-27(33)35)29(37)31-9-13-39-15-17-41-18-16-40-14-10-32-30(38)22-4-6-24-26(20-22)43-12-8-28(36)34(24)2/h3-6,19-20H,7-18H2,1-2H3,(H,31,37)(H,32,38). The van der Waals surface area contributed by atoms with Gasteiger partial charge in [-0.05, 0) is 36.4 Å². The third kappa shape index (κ3) is 8.89. The van der Waals surface area contributed by atoms with Crippen LogP contribution in [0.1, 0.15) is 33.6 Å². The van der Waals surface area contributed by atoms with Gasteiger partial charge in [0.15, 0.2) is 0 Å². The second-order valence-electron chi connectivity index (χ2n) is 9.82. The second-order valence-corrected chi connectivity index (χ2v) is 9.82. The Hall–Kier alpha value is -4.20. The van der Waals surface area contributed by atoms with E-state index in [1.807, 2.05) is 0 Å². The average molecular weight is 599 g/mol. The summed E-state index contributed by atoms with van der Waals surface area (Å²) in [5.74, 6) is 0.440. The summed E-state index contributed by atoms with van der Waals surface area (Å²) in [5, 5.41) is 5.60. The minimum absolute atomic E-state index is 0.0331. The van der Waals surface area contributed by atoms with Gasteiger partial charge in [-0.3, -0.25) is 19.2 Å². The molecule has 0 unspecified atom stereocenters. The first-order valence-electron chi connectivity index (χ1n) is 14.2. The highest BCUT2D eigenvalue weighted by molar-refractivity contribution is 5.99. The van der Waals surface area contributed by atoms with E-state index in [1.54, 1.807) is 50.5 Å². The summed E-state index contributed by atoms with van der Waals surface area (Å²) in [7, 11) is 3.37. The summed E-state index contributed by atoms with van der Waals surface area (Å²) >= 11 is 0. The normalized spacial score (nSPS) is 14.6. The number of rotatable bonds is 14. The molecule has 4 rings (SSSR count). The van der Waals surface area contributed by atoms with Crippen LogP contribution in [0.4, 0.5) is 11.4 Å². The number of anilines is 2. The van der Waals surface area contributed by atoms with E-state index in [0.717, 1.165) is 0 Å². The molecule has 2 N–H and O–H groups in total. The van der Waals surface area contributed by atoms with Crippen molar-refractivity contribution in [3.8, 4) is 11.5 Å². The fourth-order valence-corrected chi connectivity index (χ4v) is 4.42. The molecule has 2 aliphatic heterocycles. The van der Waals surface area contributed by atoms with Crippen LogP contribution in [-0.2, 0) is 23.8 Å². The molecular weight excluding hydrogens is 560 g/mol. The molecule has 13 nitrogen and oxygen atoms in total. The zero-order chi connectivity index (χ0) is 30.6. The van der Waals surface area contributed by atoms with Crippen LogP contribution in [0.3, 0.4) is 0 Å². The van der Waals surface area contributed by atoms with Crippen molar-refractivity contribution in [1.29, 1.82) is 0 Å². The molecule has 0 saturated carbocycles. The van der Waals surface area contributed by atoms with Gasteiger partial charge in [0.25, 0.3) is 11.8 Å². The lowest BCUT2D eigenvalue weighted by Gasteiger charge is -2.16. The number of benzene rings is 2. The number of hydrogen-bond acceptors (Lipinski definition) is 9. The topological polar surface area (TPSA) is 145 Å². The predicted octanol–water partition coefficient (Wildman–Crippen LogP) is 1.39. The van der Waals surface area contributed by atoms with Crippen molar-refractivity contribution >= 4 is 35.0 Å². The molecular formula is C30H38N4O9. The number of amides is 4. The molecule has 232 valence electrons. The van der Waals surface area contributed by atoms with Gasteiger partial charge in [0.05, 0.1) is 77.1 Å². The van der Waals surface area contributed by atoms with Gasteiger partial charge in [0.1, 0.15) is 11.5 Å². The van der Waals surface area contributed by atoms with E-state index in [9.17, 15) is 19.2 Å². The Morgan fingerprint density at radius 3 is 1.49 bits per heavy atom. The predicted molar refractivity (Wildman–Crippen MR) is 157 cm³/mol. The molecule has 0 bridgehead atoms. The highest BCUT2D eigenvalue weighted by Gasteiger charge is 2.22. The zero-order valence-corrected chi connectivity index (χ0v) is 24.5. The van der Waals surface area contributed by atoms with Crippen LogP contribution in [0.5, 0.6) is 11.5 Å². The van der Waals surface area contributed by atoms with Crippen molar-refractivity contribution in [2.24, 2.45) is 0 Å². The monoisotopic (exact) mass is 598 g/mol. The van der Waals surface area contributed by atoms with Gasteiger partial charge in [0.2, 0.25) is 11.8 Å². The van der Waals surface area contributed by atoms with Gasteiger partial charge >= 0.3 is 0 Å². The molecule has 2 aromatic carbocycles. The molecule has 0 saturated heterocycles. The summed E-state index contributed by atoms with van der Waals surface area (Å²) in [6.07, 6.45) is 0.581. The first-order valence-corrected chi connectivity index (χ1v) is 14.2. The first kappa shape index (κ1) is 31.7. The van der Waals surface area contributed by atoms with E-state index >= 15 is 0 Å². The van der Waals surface area contributed by atoms with E-state index in [-0.39, 0.29) is 36.8 Å². The van der Waals surface area contributed by atoms with Crippen molar-refractivity contribution in [1.82, 2.24) is 10.6 Å². The van der Waals surface area contributed by atoms with E-state index in [2.05, 4.69) is 10.6 Å². The summed E-state index contributed by atoms with van der Waals surface area (Å²) in [6, 6.07) is 10.0.